The number of carboxylic acids is 1. The zero-order chi connectivity index (χ0) is 11.3. The lowest BCUT2D eigenvalue weighted by molar-refractivity contribution is -0.145. The molecule has 0 aromatic rings. The van der Waals surface area contributed by atoms with E-state index in [0.29, 0.717) is 19.5 Å². The summed E-state index contributed by atoms with van der Waals surface area (Å²) in [6, 6.07) is 1.70. The van der Waals surface area contributed by atoms with Crippen LogP contribution in [0.15, 0.2) is 0 Å². The van der Waals surface area contributed by atoms with Crippen LogP contribution >= 0.6 is 0 Å². The van der Waals surface area contributed by atoms with Crippen molar-refractivity contribution in [2.24, 2.45) is 0 Å². The maximum atomic E-state index is 11.0. The van der Waals surface area contributed by atoms with Crippen molar-refractivity contribution in [2.75, 3.05) is 19.6 Å². The van der Waals surface area contributed by atoms with Crippen LogP contribution in [0.5, 0.6) is 0 Å². The average Bonchev–Trinajstić information content (AvgIpc) is 2.26. The first kappa shape index (κ1) is 12.0. The van der Waals surface area contributed by atoms with Crippen LogP contribution in [0.4, 0.5) is 0 Å². The van der Waals surface area contributed by atoms with Crippen LogP contribution in [0.25, 0.3) is 0 Å². The van der Waals surface area contributed by atoms with Gasteiger partial charge in [0.2, 0.25) is 0 Å². The van der Waals surface area contributed by atoms with E-state index >= 15 is 0 Å². The molecule has 0 bridgehead atoms. The molecule has 1 fully saturated rings. The molecule has 2 N–H and O–H groups in total. The average molecular weight is 211 g/mol. The minimum atomic E-state index is -0.807. The van der Waals surface area contributed by atoms with Gasteiger partial charge in [-0.05, 0) is 6.42 Å². The first-order valence-corrected chi connectivity index (χ1v) is 5.27. The number of hydrogen-bond acceptors (Lipinski definition) is 4. The standard InChI is InChI=1S/C10H17N3O2/c1-2-8(3-4-11)13-6-5-12-7-9(13)10(14)15/h8-9,12H,2-3,5-7H2,1H3,(H,14,15). The maximum Gasteiger partial charge on any atom is 0.322 e. The number of aliphatic carboxylic acids is 1. The van der Waals surface area contributed by atoms with Gasteiger partial charge in [0.15, 0.2) is 0 Å². The van der Waals surface area contributed by atoms with Gasteiger partial charge >= 0.3 is 5.97 Å². The number of nitriles is 1. The lowest BCUT2D eigenvalue weighted by Gasteiger charge is -2.38. The van der Waals surface area contributed by atoms with Crippen LogP contribution in [0.2, 0.25) is 0 Å². The molecule has 5 nitrogen and oxygen atoms in total. The van der Waals surface area contributed by atoms with Crippen LogP contribution in [-0.4, -0.2) is 47.7 Å². The summed E-state index contributed by atoms with van der Waals surface area (Å²) in [7, 11) is 0. The Balaban J connectivity index is 2.69. The van der Waals surface area contributed by atoms with Crippen LogP contribution in [0.1, 0.15) is 19.8 Å². The van der Waals surface area contributed by atoms with Gasteiger partial charge in [-0.15, -0.1) is 0 Å². The van der Waals surface area contributed by atoms with E-state index in [2.05, 4.69) is 11.4 Å². The second-order valence-electron chi connectivity index (χ2n) is 3.72. The van der Waals surface area contributed by atoms with E-state index < -0.39 is 12.0 Å². The number of hydrogen-bond donors (Lipinski definition) is 2. The van der Waals surface area contributed by atoms with E-state index in [9.17, 15) is 4.79 Å². The summed E-state index contributed by atoms with van der Waals surface area (Å²) < 4.78 is 0. The molecule has 0 radical (unpaired) electrons. The minimum Gasteiger partial charge on any atom is -0.480 e. The highest BCUT2D eigenvalue weighted by Crippen LogP contribution is 2.14. The summed E-state index contributed by atoms with van der Waals surface area (Å²) in [6.07, 6.45) is 1.22. The zero-order valence-corrected chi connectivity index (χ0v) is 8.94. The van der Waals surface area contributed by atoms with E-state index in [1.54, 1.807) is 0 Å². The Hall–Kier alpha value is -1.12. The van der Waals surface area contributed by atoms with Crippen molar-refractivity contribution in [3.63, 3.8) is 0 Å². The lowest BCUT2D eigenvalue weighted by Crippen LogP contribution is -2.58. The van der Waals surface area contributed by atoms with Crippen LogP contribution in [0, 0.1) is 11.3 Å². The molecule has 1 saturated heterocycles. The summed E-state index contributed by atoms with van der Waals surface area (Å²) in [5.74, 6) is -0.807. The maximum absolute atomic E-state index is 11.0. The van der Waals surface area contributed by atoms with Gasteiger partial charge in [0.25, 0.3) is 0 Å². The van der Waals surface area contributed by atoms with Crippen molar-refractivity contribution in [2.45, 2.75) is 31.8 Å². The molecule has 0 aromatic carbocycles. The van der Waals surface area contributed by atoms with Gasteiger partial charge in [-0.1, -0.05) is 6.92 Å². The van der Waals surface area contributed by atoms with Crippen molar-refractivity contribution >= 4 is 5.97 Å². The van der Waals surface area contributed by atoms with Gasteiger partial charge in [-0.2, -0.15) is 5.26 Å². The first-order valence-electron chi connectivity index (χ1n) is 5.27. The topological polar surface area (TPSA) is 76.4 Å². The SMILES string of the molecule is CCC(CC#N)N1CCNCC1C(=O)O. The molecule has 0 aromatic heterocycles. The number of nitrogens with zero attached hydrogens (tertiary/aromatic N) is 2. The molecule has 0 amide bonds. The molecule has 1 rings (SSSR count). The predicted octanol–water partition coefficient (Wildman–Crippen LogP) is 0.0371. The fourth-order valence-corrected chi connectivity index (χ4v) is 1.99. The number of rotatable bonds is 4. The Morgan fingerprint density at radius 2 is 2.53 bits per heavy atom. The van der Waals surface area contributed by atoms with Crippen molar-refractivity contribution in [3.05, 3.63) is 0 Å². The molecule has 0 spiro atoms. The Labute approximate surface area is 89.7 Å². The minimum absolute atomic E-state index is 0.0678. The number of carbonyl (C=O) groups is 1. The van der Waals surface area contributed by atoms with Gasteiger partial charge in [0, 0.05) is 25.7 Å². The predicted molar refractivity (Wildman–Crippen MR) is 55.3 cm³/mol. The fraction of sp³-hybridized carbons (Fsp3) is 0.800. The molecule has 84 valence electrons. The molecule has 5 heteroatoms. The monoisotopic (exact) mass is 211 g/mol. The molecule has 0 saturated carbocycles. The molecule has 1 aliphatic heterocycles. The number of piperazine rings is 1. The second-order valence-corrected chi connectivity index (χ2v) is 3.72. The van der Waals surface area contributed by atoms with E-state index in [1.807, 2.05) is 11.8 Å². The van der Waals surface area contributed by atoms with Gasteiger partial charge in [0.05, 0.1) is 12.5 Å². The molecule has 1 aliphatic rings. The Morgan fingerprint density at radius 3 is 3.07 bits per heavy atom. The lowest BCUT2D eigenvalue weighted by atomic mass is 10.1. The van der Waals surface area contributed by atoms with Crippen LogP contribution in [0.3, 0.4) is 0 Å². The Bertz CT molecular complexity index is 262. The molecule has 1 heterocycles. The first-order chi connectivity index (χ1) is 7.20. The summed E-state index contributed by atoms with van der Waals surface area (Å²) in [4.78, 5) is 13.0. The molecule has 2 atom stereocenters. The van der Waals surface area contributed by atoms with Gasteiger partial charge in [-0.3, -0.25) is 9.69 Å². The number of nitrogens with one attached hydrogen (secondary N) is 1. The van der Waals surface area contributed by atoms with E-state index in [1.165, 1.54) is 0 Å². The van der Waals surface area contributed by atoms with Gasteiger partial charge < -0.3 is 10.4 Å². The smallest absolute Gasteiger partial charge is 0.322 e. The van der Waals surface area contributed by atoms with Crippen molar-refractivity contribution in [1.29, 1.82) is 5.26 Å². The molecule has 0 aliphatic carbocycles. The highest BCUT2D eigenvalue weighted by Gasteiger charge is 2.32. The molecule has 2 unspecified atom stereocenters. The highest BCUT2D eigenvalue weighted by atomic mass is 16.4. The fourth-order valence-electron chi connectivity index (χ4n) is 1.99. The second kappa shape index (κ2) is 5.69. The third-order valence-electron chi connectivity index (χ3n) is 2.84. The van der Waals surface area contributed by atoms with E-state index in [-0.39, 0.29) is 6.04 Å². The van der Waals surface area contributed by atoms with E-state index in [0.717, 1.165) is 13.0 Å². The Morgan fingerprint density at radius 1 is 1.80 bits per heavy atom. The Kier molecular flexibility index (Phi) is 4.53. The van der Waals surface area contributed by atoms with Gasteiger partial charge in [0.1, 0.15) is 6.04 Å². The third-order valence-corrected chi connectivity index (χ3v) is 2.84. The van der Waals surface area contributed by atoms with Crippen molar-refractivity contribution in [3.8, 4) is 6.07 Å². The summed E-state index contributed by atoms with van der Waals surface area (Å²) >= 11 is 0. The van der Waals surface area contributed by atoms with Crippen LogP contribution in [-0.2, 0) is 4.79 Å². The van der Waals surface area contributed by atoms with Crippen molar-refractivity contribution in [1.82, 2.24) is 10.2 Å². The molecular weight excluding hydrogens is 194 g/mol. The van der Waals surface area contributed by atoms with Crippen molar-refractivity contribution < 1.29 is 9.90 Å². The number of carboxylic acid groups (broad SMARTS) is 1. The normalized spacial score (nSPS) is 24.4. The van der Waals surface area contributed by atoms with Crippen LogP contribution < -0.4 is 5.32 Å². The summed E-state index contributed by atoms with van der Waals surface area (Å²) in [5, 5.41) is 20.8. The highest BCUT2D eigenvalue weighted by molar-refractivity contribution is 5.74. The summed E-state index contributed by atoms with van der Waals surface area (Å²) in [5.41, 5.74) is 0. The molecular formula is C10H17N3O2. The quantitative estimate of drug-likeness (QED) is 0.686. The zero-order valence-electron chi connectivity index (χ0n) is 8.94. The van der Waals surface area contributed by atoms with Gasteiger partial charge in [-0.25, -0.2) is 0 Å². The molecule has 15 heavy (non-hydrogen) atoms. The van der Waals surface area contributed by atoms with E-state index in [4.69, 9.17) is 10.4 Å². The largest absolute Gasteiger partial charge is 0.480 e. The third kappa shape index (κ3) is 2.91. The summed E-state index contributed by atoms with van der Waals surface area (Å²) in [6.45, 7) is 3.96.